The van der Waals surface area contributed by atoms with Gasteiger partial charge in [0.05, 0.1) is 0 Å². The highest BCUT2D eigenvalue weighted by Gasteiger charge is 2.47. The van der Waals surface area contributed by atoms with Crippen LogP contribution >= 0.6 is 22.6 Å². The van der Waals surface area contributed by atoms with E-state index in [1.807, 2.05) is 0 Å². The fourth-order valence-corrected chi connectivity index (χ4v) is 3.62. The first-order valence-electron chi connectivity index (χ1n) is 7.31. The molecule has 0 aromatic heterocycles. The van der Waals surface area contributed by atoms with Crippen LogP contribution in [0.4, 0.5) is 0 Å². The molecule has 3 heteroatoms. The predicted molar refractivity (Wildman–Crippen MR) is 88.2 cm³/mol. The highest BCUT2D eigenvalue weighted by molar-refractivity contribution is 14.1. The minimum absolute atomic E-state index is 0.357. The lowest BCUT2D eigenvalue weighted by Crippen LogP contribution is -2.63. The van der Waals surface area contributed by atoms with Gasteiger partial charge in [-0.1, -0.05) is 12.1 Å². The van der Waals surface area contributed by atoms with Crippen molar-refractivity contribution in [1.29, 1.82) is 0 Å². The summed E-state index contributed by atoms with van der Waals surface area (Å²) in [5, 5.41) is 3.68. The number of rotatable bonds is 3. The minimum atomic E-state index is 0.357. The molecule has 2 atom stereocenters. The van der Waals surface area contributed by atoms with Crippen molar-refractivity contribution >= 4 is 22.6 Å². The summed E-state index contributed by atoms with van der Waals surface area (Å²) in [5.41, 5.74) is 1.80. The summed E-state index contributed by atoms with van der Waals surface area (Å²) >= 11 is 2.37. The van der Waals surface area contributed by atoms with Crippen LogP contribution in [-0.4, -0.2) is 29.6 Å². The van der Waals surface area contributed by atoms with E-state index in [4.69, 9.17) is 0 Å². The molecule has 0 bridgehead atoms. The van der Waals surface area contributed by atoms with E-state index < -0.39 is 0 Å². The lowest BCUT2D eigenvalue weighted by atomic mass is 9.89. The molecular formula is C16H23IN2. The van der Waals surface area contributed by atoms with Crippen LogP contribution in [0.25, 0.3) is 0 Å². The molecule has 1 aromatic rings. The zero-order valence-electron chi connectivity index (χ0n) is 11.8. The minimum Gasteiger partial charge on any atom is -0.311 e. The van der Waals surface area contributed by atoms with Crippen LogP contribution in [0, 0.1) is 9.49 Å². The third-order valence-corrected chi connectivity index (χ3v) is 5.49. The fourth-order valence-electron chi connectivity index (χ4n) is 3.26. The molecule has 1 saturated heterocycles. The maximum absolute atomic E-state index is 3.68. The molecule has 0 amide bonds. The van der Waals surface area contributed by atoms with Crippen LogP contribution in [0.5, 0.6) is 0 Å². The number of benzene rings is 1. The average molecular weight is 370 g/mol. The molecule has 19 heavy (non-hydrogen) atoms. The smallest absolute Gasteiger partial charge is 0.0338 e. The van der Waals surface area contributed by atoms with Crippen molar-refractivity contribution in [3.05, 3.63) is 33.4 Å². The summed E-state index contributed by atoms with van der Waals surface area (Å²) in [4.78, 5) is 2.72. The molecule has 1 aromatic carbocycles. The quantitative estimate of drug-likeness (QED) is 0.822. The Bertz CT molecular complexity index is 441. The Hall–Kier alpha value is -0.130. The van der Waals surface area contributed by atoms with Crippen molar-refractivity contribution in [1.82, 2.24) is 10.2 Å². The van der Waals surface area contributed by atoms with Crippen LogP contribution in [-0.2, 0) is 6.54 Å². The number of nitrogens with zero attached hydrogens (tertiary/aromatic N) is 1. The highest BCUT2D eigenvalue weighted by atomic mass is 127. The van der Waals surface area contributed by atoms with E-state index in [0.717, 1.165) is 19.0 Å². The fraction of sp³-hybridized carbons (Fsp3) is 0.625. The number of hydrogen-bond acceptors (Lipinski definition) is 2. The van der Waals surface area contributed by atoms with Gasteiger partial charge in [0.2, 0.25) is 0 Å². The molecule has 2 nitrogen and oxygen atoms in total. The van der Waals surface area contributed by atoms with E-state index in [2.05, 4.69) is 70.9 Å². The van der Waals surface area contributed by atoms with Gasteiger partial charge in [0.15, 0.2) is 0 Å². The molecule has 2 aliphatic rings. The van der Waals surface area contributed by atoms with Gasteiger partial charge in [-0.25, -0.2) is 0 Å². The maximum atomic E-state index is 3.68. The molecule has 1 saturated carbocycles. The van der Waals surface area contributed by atoms with Gasteiger partial charge in [-0.05, 0) is 72.9 Å². The first-order chi connectivity index (χ1) is 9.08. The maximum Gasteiger partial charge on any atom is 0.0338 e. The lowest BCUT2D eigenvalue weighted by Gasteiger charge is -2.48. The van der Waals surface area contributed by atoms with Crippen molar-refractivity contribution in [3.8, 4) is 0 Å². The number of halogens is 1. The molecule has 2 unspecified atom stereocenters. The topological polar surface area (TPSA) is 15.3 Å². The molecule has 3 rings (SSSR count). The van der Waals surface area contributed by atoms with E-state index in [1.54, 1.807) is 0 Å². The number of nitrogens with one attached hydrogen (secondary N) is 1. The average Bonchev–Trinajstić information content (AvgIpc) is 3.21. The second-order valence-electron chi connectivity index (χ2n) is 6.42. The molecule has 1 heterocycles. The van der Waals surface area contributed by atoms with E-state index in [9.17, 15) is 0 Å². The monoisotopic (exact) mass is 370 g/mol. The summed E-state index contributed by atoms with van der Waals surface area (Å²) in [6, 6.07) is 9.60. The Labute approximate surface area is 130 Å². The SMILES string of the molecule is CC1CN(Cc2ccc(I)cc2)C(C)(C2CC2)CN1. The molecule has 1 aliphatic heterocycles. The number of piperazine rings is 1. The van der Waals surface area contributed by atoms with Crippen molar-refractivity contribution < 1.29 is 0 Å². The second kappa shape index (κ2) is 5.34. The molecule has 2 fully saturated rings. The third-order valence-electron chi connectivity index (χ3n) is 4.77. The van der Waals surface area contributed by atoms with Gasteiger partial charge >= 0.3 is 0 Å². The van der Waals surface area contributed by atoms with Crippen LogP contribution in [0.1, 0.15) is 32.3 Å². The predicted octanol–water partition coefficient (Wildman–Crippen LogP) is 3.25. The molecule has 0 spiro atoms. The van der Waals surface area contributed by atoms with Crippen molar-refractivity contribution in [2.45, 2.75) is 44.8 Å². The van der Waals surface area contributed by atoms with Gasteiger partial charge in [0, 0.05) is 34.8 Å². The van der Waals surface area contributed by atoms with Crippen molar-refractivity contribution in [2.24, 2.45) is 5.92 Å². The first kappa shape index (κ1) is 13.8. The summed E-state index contributed by atoms with van der Waals surface area (Å²) in [6.45, 7) is 8.15. The van der Waals surface area contributed by atoms with Crippen molar-refractivity contribution in [3.63, 3.8) is 0 Å². The Kier molecular flexibility index (Phi) is 3.89. The van der Waals surface area contributed by atoms with Gasteiger partial charge in [0.1, 0.15) is 0 Å². The van der Waals surface area contributed by atoms with E-state index in [-0.39, 0.29) is 0 Å². The van der Waals surface area contributed by atoms with Gasteiger partial charge in [-0.2, -0.15) is 0 Å². The van der Waals surface area contributed by atoms with Gasteiger partial charge in [-0.15, -0.1) is 0 Å². The summed E-state index contributed by atoms with van der Waals surface area (Å²) in [6.07, 6.45) is 2.82. The van der Waals surface area contributed by atoms with Crippen LogP contribution in [0.2, 0.25) is 0 Å². The van der Waals surface area contributed by atoms with E-state index in [0.29, 0.717) is 11.6 Å². The van der Waals surface area contributed by atoms with E-state index in [1.165, 1.54) is 28.5 Å². The zero-order valence-corrected chi connectivity index (χ0v) is 14.0. The van der Waals surface area contributed by atoms with E-state index >= 15 is 0 Å². The lowest BCUT2D eigenvalue weighted by molar-refractivity contribution is 0.0312. The molecule has 104 valence electrons. The first-order valence-corrected chi connectivity index (χ1v) is 8.39. The number of hydrogen-bond donors (Lipinski definition) is 1. The van der Waals surface area contributed by atoms with Gasteiger partial charge in [-0.3, -0.25) is 4.90 Å². The van der Waals surface area contributed by atoms with Crippen LogP contribution in [0.15, 0.2) is 24.3 Å². The molecule has 1 N–H and O–H groups in total. The normalized spacial score (nSPS) is 32.5. The van der Waals surface area contributed by atoms with Gasteiger partial charge < -0.3 is 5.32 Å². The summed E-state index contributed by atoms with van der Waals surface area (Å²) < 4.78 is 1.32. The standard InChI is InChI=1S/C16H23IN2/c1-12-9-19(10-13-3-7-15(17)8-4-13)16(2,11-18-12)14-5-6-14/h3-4,7-8,12,14,18H,5-6,9-11H2,1-2H3. The second-order valence-corrected chi connectivity index (χ2v) is 7.67. The zero-order chi connectivity index (χ0) is 13.5. The Morgan fingerprint density at radius 1 is 1.32 bits per heavy atom. The molecule has 0 radical (unpaired) electrons. The Balaban J connectivity index is 1.77. The van der Waals surface area contributed by atoms with Gasteiger partial charge in [0.25, 0.3) is 0 Å². The van der Waals surface area contributed by atoms with Crippen LogP contribution in [0.3, 0.4) is 0 Å². The summed E-state index contributed by atoms with van der Waals surface area (Å²) in [5.74, 6) is 0.899. The Morgan fingerprint density at radius 2 is 2.00 bits per heavy atom. The van der Waals surface area contributed by atoms with Crippen molar-refractivity contribution in [2.75, 3.05) is 13.1 Å². The molecular weight excluding hydrogens is 347 g/mol. The van der Waals surface area contributed by atoms with Crippen LogP contribution < -0.4 is 5.32 Å². The summed E-state index contributed by atoms with van der Waals surface area (Å²) in [7, 11) is 0. The highest BCUT2D eigenvalue weighted by Crippen LogP contribution is 2.44. The third kappa shape index (κ3) is 2.98. The Morgan fingerprint density at radius 3 is 2.63 bits per heavy atom. The largest absolute Gasteiger partial charge is 0.311 e. The molecule has 1 aliphatic carbocycles.